The first-order chi connectivity index (χ1) is 13.1. The Morgan fingerprint density at radius 2 is 1.78 bits per heavy atom. The molecule has 4 rings (SSSR count). The zero-order valence-corrected chi connectivity index (χ0v) is 15.4. The molecule has 1 fully saturated rings. The molecular weight excluding hydrogens is 338 g/mol. The van der Waals surface area contributed by atoms with Crippen LogP contribution in [0, 0.1) is 11.8 Å². The van der Waals surface area contributed by atoms with Gasteiger partial charge < -0.3 is 10.0 Å². The minimum atomic E-state index is -0.760. The van der Waals surface area contributed by atoms with Crippen LogP contribution in [0.1, 0.15) is 37.7 Å². The summed E-state index contributed by atoms with van der Waals surface area (Å²) >= 11 is 0. The minimum absolute atomic E-state index is 0.132. The zero-order valence-electron chi connectivity index (χ0n) is 15.4. The lowest BCUT2D eigenvalue weighted by Crippen LogP contribution is -2.41. The fourth-order valence-electron chi connectivity index (χ4n) is 4.52. The van der Waals surface area contributed by atoms with E-state index < -0.39 is 5.97 Å². The van der Waals surface area contributed by atoms with Gasteiger partial charge in [-0.05, 0) is 47.6 Å². The second-order valence-electron chi connectivity index (χ2n) is 7.69. The van der Waals surface area contributed by atoms with Gasteiger partial charge in [-0.25, -0.2) is 0 Å². The van der Waals surface area contributed by atoms with Crippen molar-refractivity contribution < 1.29 is 14.7 Å². The summed E-state index contributed by atoms with van der Waals surface area (Å²) in [6, 6.07) is 14.8. The van der Waals surface area contributed by atoms with Crippen LogP contribution in [0.5, 0.6) is 0 Å². The standard InChI is InChI=1S/C23H25NO3/c25-22(18-7-3-8-19(15-18)23(26)27)24-13-11-17(12-14-24)21-10-4-6-16-5-1-2-9-20(16)21/h1-2,4-6,9-11,18-19H,3,7-8,12-15H2,(H,26,27). The average molecular weight is 363 g/mol. The second-order valence-corrected chi connectivity index (χ2v) is 7.69. The van der Waals surface area contributed by atoms with Crippen LogP contribution >= 0.6 is 0 Å². The Morgan fingerprint density at radius 1 is 1.00 bits per heavy atom. The van der Waals surface area contributed by atoms with Crippen LogP contribution in [0.15, 0.2) is 48.5 Å². The van der Waals surface area contributed by atoms with Crippen molar-refractivity contribution in [1.29, 1.82) is 0 Å². The normalized spacial score (nSPS) is 23.1. The van der Waals surface area contributed by atoms with Crippen LogP contribution in [0.25, 0.3) is 16.3 Å². The maximum atomic E-state index is 12.9. The van der Waals surface area contributed by atoms with E-state index in [1.807, 2.05) is 4.90 Å². The van der Waals surface area contributed by atoms with Gasteiger partial charge in [0.2, 0.25) is 5.91 Å². The van der Waals surface area contributed by atoms with Crippen molar-refractivity contribution in [2.45, 2.75) is 32.1 Å². The molecule has 0 radical (unpaired) electrons. The number of carbonyl (C=O) groups excluding carboxylic acids is 1. The van der Waals surface area contributed by atoms with Gasteiger partial charge in [-0.15, -0.1) is 0 Å². The summed E-state index contributed by atoms with van der Waals surface area (Å²) in [5.74, 6) is -1.12. The highest BCUT2D eigenvalue weighted by Gasteiger charge is 2.33. The molecule has 0 aromatic heterocycles. The van der Waals surface area contributed by atoms with Crippen LogP contribution < -0.4 is 0 Å². The number of hydrogen-bond acceptors (Lipinski definition) is 2. The van der Waals surface area contributed by atoms with Crippen molar-refractivity contribution in [3.05, 3.63) is 54.1 Å². The molecule has 1 saturated carbocycles. The van der Waals surface area contributed by atoms with Crippen molar-refractivity contribution in [2.75, 3.05) is 13.1 Å². The summed E-state index contributed by atoms with van der Waals surface area (Å²) in [6.07, 6.45) is 5.85. The lowest BCUT2D eigenvalue weighted by atomic mass is 9.80. The SMILES string of the molecule is O=C(O)C1CCCC(C(=O)N2CC=C(c3cccc4ccccc34)CC2)C1. The number of aliphatic carboxylic acids is 1. The molecular formula is C23H25NO3. The molecule has 2 aliphatic rings. The summed E-state index contributed by atoms with van der Waals surface area (Å²) in [4.78, 5) is 26.1. The number of carboxylic acid groups (broad SMARTS) is 1. The molecule has 1 aliphatic heterocycles. The Kier molecular flexibility index (Phi) is 4.97. The molecule has 1 N–H and O–H groups in total. The topological polar surface area (TPSA) is 57.6 Å². The number of benzene rings is 2. The van der Waals surface area contributed by atoms with E-state index in [4.69, 9.17) is 0 Å². The highest BCUT2D eigenvalue weighted by molar-refractivity contribution is 5.94. The van der Waals surface area contributed by atoms with Gasteiger partial charge >= 0.3 is 5.97 Å². The fraction of sp³-hybridized carbons (Fsp3) is 0.391. The molecule has 0 saturated heterocycles. The van der Waals surface area contributed by atoms with Gasteiger partial charge in [0.25, 0.3) is 0 Å². The highest BCUT2D eigenvalue weighted by atomic mass is 16.4. The Morgan fingerprint density at radius 3 is 2.56 bits per heavy atom. The first kappa shape index (κ1) is 17.8. The number of amides is 1. The second kappa shape index (κ2) is 7.55. The molecule has 4 heteroatoms. The molecule has 0 bridgehead atoms. The first-order valence-electron chi connectivity index (χ1n) is 9.82. The molecule has 2 aromatic carbocycles. The number of hydrogen-bond donors (Lipinski definition) is 1. The lowest BCUT2D eigenvalue weighted by Gasteiger charge is -2.33. The van der Waals surface area contributed by atoms with E-state index in [2.05, 4.69) is 48.5 Å². The van der Waals surface area contributed by atoms with Crippen LogP contribution in [0.3, 0.4) is 0 Å². The minimum Gasteiger partial charge on any atom is -0.481 e. The Hall–Kier alpha value is -2.62. The molecule has 2 aromatic rings. The Balaban J connectivity index is 1.48. The van der Waals surface area contributed by atoms with E-state index in [9.17, 15) is 14.7 Å². The van der Waals surface area contributed by atoms with Crippen LogP contribution in [0.2, 0.25) is 0 Å². The molecule has 1 amide bonds. The third kappa shape index (κ3) is 3.61. The maximum Gasteiger partial charge on any atom is 0.306 e. The number of rotatable bonds is 3. The molecule has 1 aliphatic carbocycles. The van der Waals surface area contributed by atoms with E-state index in [0.29, 0.717) is 25.9 Å². The molecule has 27 heavy (non-hydrogen) atoms. The fourth-order valence-corrected chi connectivity index (χ4v) is 4.52. The number of nitrogens with zero attached hydrogens (tertiary/aromatic N) is 1. The number of fused-ring (bicyclic) bond motifs is 1. The summed E-state index contributed by atoms with van der Waals surface area (Å²) in [5, 5.41) is 11.7. The van der Waals surface area contributed by atoms with Gasteiger partial charge in [0.15, 0.2) is 0 Å². The van der Waals surface area contributed by atoms with E-state index >= 15 is 0 Å². The number of carbonyl (C=O) groups is 2. The van der Waals surface area contributed by atoms with Crippen molar-refractivity contribution in [1.82, 2.24) is 4.90 Å². The van der Waals surface area contributed by atoms with Crippen molar-refractivity contribution in [3.8, 4) is 0 Å². The monoisotopic (exact) mass is 363 g/mol. The van der Waals surface area contributed by atoms with Crippen LogP contribution in [0.4, 0.5) is 0 Å². The molecule has 140 valence electrons. The van der Waals surface area contributed by atoms with Gasteiger partial charge in [0, 0.05) is 19.0 Å². The van der Waals surface area contributed by atoms with Gasteiger partial charge in [-0.2, -0.15) is 0 Å². The first-order valence-corrected chi connectivity index (χ1v) is 9.82. The van der Waals surface area contributed by atoms with Crippen molar-refractivity contribution in [2.24, 2.45) is 11.8 Å². The summed E-state index contributed by atoms with van der Waals surface area (Å²) < 4.78 is 0. The molecule has 0 spiro atoms. The third-order valence-electron chi connectivity index (χ3n) is 6.03. The number of carboxylic acids is 1. The van der Waals surface area contributed by atoms with Gasteiger partial charge in [0.1, 0.15) is 0 Å². The summed E-state index contributed by atoms with van der Waals surface area (Å²) in [6.45, 7) is 1.33. The Bertz CT molecular complexity index is 896. The molecule has 4 nitrogen and oxygen atoms in total. The van der Waals surface area contributed by atoms with E-state index in [0.717, 1.165) is 19.3 Å². The van der Waals surface area contributed by atoms with Gasteiger partial charge in [-0.3, -0.25) is 9.59 Å². The van der Waals surface area contributed by atoms with E-state index in [1.165, 1.54) is 21.9 Å². The highest BCUT2D eigenvalue weighted by Crippen LogP contribution is 2.33. The summed E-state index contributed by atoms with van der Waals surface area (Å²) in [5.41, 5.74) is 2.55. The van der Waals surface area contributed by atoms with E-state index in [1.54, 1.807) is 0 Å². The Labute approximate surface area is 159 Å². The molecule has 2 atom stereocenters. The quantitative estimate of drug-likeness (QED) is 0.882. The van der Waals surface area contributed by atoms with Crippen LogP contribution in [-0.4, -0.2) is 35.0 Å². The molecule has 2 unspecified atom stereocenters. The van der Waals surface area contributed by atoms with Gasteiger partial charge in [-0.1, -0.05) is 55.0 Å². The lowest BCUT2D eigenvalue weighted by molar-refractivity contribution is -0.145. The van der Waals surface area contributed by atoms with E-state index in [-0.39, 0.29) is 17.7 Å². The summed E-state index contributed by atoms with van der Waals surface area (Å²) in [7, 11) is 0. The van der Waals surface area contributed by atoms with Crippen LogP contribution in [-0.2, 0) is 9.59 Å². The van der Waals surface area contributed by atoms with Crippen molar-refractivity contribution >= 4 is 28.2 Å². The van der Waals surface area contributed by atoms with Crippen molar-refractivity contribution in [3.63, 3.8) is 0 Å². The maximum absolute atomic E-state index is 12.9. The molecule has 1 heterocycles. The third-order valence-corrected chi connectivity index (χ3v) is 6.03. The zero-order chi connectivity index (χ0) is 18.8. The van der Waals surface area contributed by atoms with Gasteiger partial charge in [0.05, 0.1) is 5.92 Å². The average Bonchev–Trinajstić information content (AvgIpc) is 2.73. The predicted molar refractivity (Wildman–Crippen MR) is 106 cm³/mol. The predicted octanol–water partition coefficient (Wildman–Crippen LogP) is 4.35. The largest absolute Gasteiger partial charge is 0.481 e. The smallest absolute Gasteiger partial charge is 0.306 e.